The van der Waals surface area contributed by atoms with Gasteiger partial charge in [0.05, 0.1) is 6.10 Å². The zero-order chi connectivity index (χ0) is 13.0. The van der Waals surface area contributed by atoms with Crippen LogP contribution in [0.5, 0.6) is 0 Å². The smallest absolute Gasteiger partial charge is 0.124 e. The molecule has 1 aromatic carbocycles. The first-order chi connectivity index (χ1) is 8.69. The van der Waals surface area contributed by atoms with Crippen LogP contribution in [0.3, 0.4) is 0 Å². The average Bonchev–Trinajstić information content (AvgIpc) is 2.81. The van der Waals surface area contributed by atoms with Crippen molar-refractivity contribution < 1.29 is 9.13 Å². The summed E-state index contributed by atoms with van der Waals surface area (Å²) in [4.78, 5) is 0. The van der Waals surface area contributed by atoms with Crippen molar-refractivity contribution >= 4 is 15.9 Å². The minimum Gasteiger partial charge on any atom is -0.378 e. The van der Waals surface area contributed by atoms with Gasteiger partial charge in [0.1, 0.15) is 5.82 Å². The molecule has 2 atom stereocenters. The van der Waals surface area contributed by atoms with Crippen LogP contribution >= 0.6 is 15.9 Å². The molecule has 0 aromatic heterocycles. The van der Waals surface area contributed by atoms with Gasteiger partial charge in [-0.15, -0.1) is 0 Å². The van der Waals surface area contributed by atoms with E-state index >= 15 is 0 Å². The molecular formula is C13H18BrFN2O. The molecule has 1 fully saturated rings. The van der Waals surface area contributed by atoms with Gasteiger partial charge in [0.15, 0.2) is 0 Å². The summed E-state index contributed by atoms with van der Waals surface area (Å²) in [5.74, 6) is 5.31. The minimum absolute atomic E-state index is 0.0406. The molecule has 18 heavy (non-hydrogen) atoms. The summed E-state index contributed by atoms with van der Waals surface area (Å²) in [6.45, 7) is 0.858. The monoisotopic (exact) mass is 316 g/mol. The Kier molecular flexibility index (Phi) is 5.12. The maximum atomic E-state index is 13.3. The first-order valence-electron chi connectivity index (χ1n) is 6.23. The number of nitrogens with two attached hydrogens (primary N) is 1. The maximum Gasteiger partial charge on any atom is 0.124 e. The Bertz CT molecular complexity index is 376. The number of halogens is 2. The van der Waals surface area contributed by atoms with Crippen LogP contribution in [0.4, 0.5) is 4.39 Å². The van der Waals surface area contributed by atoms with E-state index in [0.29, 0.717) is 6.10 Å². The number of nitrogens with one attached hydrogen (secondary N) is 1. The molecule has 0 saturated carbocycles. The molecule has 0 amide bonds. The topological polar surface area (TPSA) is 47.3 Å². The Hall–Kier alpha value is -0.490. The summed E-state index contributed by atoms with van der Waals surface area (Å²) in [5.41, 5.74) is 3.62. The summed E-state index contributed by atoms with van der Waals surface area (Å²) in [6, 6.07) is 4.81. The number of hydrogen-bond acceptors (Lipinski definition) is 3. The van der Waals surface area contributed by atoms with Crippen molar-refractivity contribution in [2.45, 2.75) is 37.8 Å². The van der Waals surface area contributed by atoms with Crippen molar-refractivity contribution in [1.29, 1.82) is 0 Å². The molecule has 2 unspecified atom stereocenters. The van der Waals surface area contributed by atoms with E-state index in [1.807, 2.05) is 6.07 Å². The Morgan fingerprint density at radius 2 is 2.33 bits per heavy atom. The zero-order valence-corrected chi connectivity index (χ0v) is 11.7. The third-order valence-corrected chi connectivity index (χ3v) is 3.75. The molecule has 1 aliphatic rings. The van der Waals surface area contributed by atoms with Crippen molar-refractivity contribution in [2.24, 2.45) is 5.84 Å². The average molecular weight is 317 g/mol. The van der Waals surface area contributed by atoms with Gasteiger partial charge in [-0.3, -0.25) is 11.3 Å². The molecule has 1 aromatic rings. The molecule has 0 bridgehead atoms. The molecule has 3 N–H and O–H groups in total. The predicted octanol–water partition coefficient (Wildman–Crippen LogP) is 3.05. The lowest BCUT2D eigenvalue weighted by atomic mass is 10.00. The van der Waals surface area contributed by atoms with Crippen LogP contribution in [0.1, 0.15) is 37.3 Å². The molecule has 0 aliphatic carbocycles. The summed E-state index contributed by atoms with van der Waals surface area (Å²) < 4.78 is 19.7. The summed E-state index contributed by atoms with van der Waals surface area (Å²) in [5, 5.41) is 0. The molecule has 1 heterocycles. The molecular weight excluding hydrogens is 299 g/mol. The second-order valence-corrected chi connectivity index (χ2v) is 5.55. The predicted molar refractivity (Wildman–Crippen MR) is 72.4 cm³/mol. The fraction of sp³-hybridized carbons (Fsp3) is 0.538. The molecule has 100 valence electrons. The van der Waals surface area contributed by atoms with Crippen molar-refractivity contribution in [1.82, 2.24) is 5.43 Å². The van der Waals surface area contributed by atoms with Crippen molar-refractivity contribution in [3.63, 3.8) is 0 Å². The van der Waals surface area contributed by atoms with E-state index in [2.05, 4.69) is 21.4 Å². The van der Waals surface area contributed by atoms with E-state index in [-0.39, 0.29) is 11.9 Å². The van der Waals surface area contributed by atoms with Crippen LogP contribution < -0.4 is 11.3 Å². The SMILES string of the molecule is NNC(CCC1CCCO1)c1cc(F)cc(Br)c1. The van der Waals surface area contributed by atoms with Gasteiger partial charge in [-0.1, -0.05) is 15.9 Å². The minimum atomic E-state index is -0.253. The molecule has 5 heteroatoms. The first-order valence-corrected chi connectivity index (χ1v) is 7.02. The fourth-order valence-corrected chi connectivity index (χ4v) is 2.83. The van der Waals surface area contributed by atoms with Gasteiger partial charge in [-0.2, -0.15) is 0 Å². The Labute approximate surface area is 115 Å². The van der Waals surface area contributed by atoms with Crippen LogP contribution in [-0.4, -0.2) is 12.7 Å². The highest BCUT2D eigenvalue weighted by Crippen LogP contribution is 2.26. The molecule has 2 rings (SSSR count). The van der Waals surface area contributed by atoms with Gasteiger partial charge in [-0.05, 0) is 49.4 Å². The number of hydrazine groups is 1. The lowest BCUT2D eigenvalue weighted by Crippen LogP contribution is -2.29. The highest BCUT2D eigenvalue weighted by Gasteiger charge is 2.18. The Balaban J connectivity index is 1.98. The number of ether oxygens (including phenoxy) is 1. The second kappa shape index (κ2) is 6.61. The zero-order valence-electron chi connectivity index (χ0n) is 10.2. The Morgan fingerprint density at radius 1 is 1.50 bits per heavy atom. The first kappa shape index (κ1) is 13.9. The van der Waals surface area contributed by atoms with Gasteiger partial charge in [-0.25, -0.2) is 4.39 Å². The standard InChI is InChI=1S/C13H18BrFN2O/c14-10-6-9(7-11(15)8-10)13(17-16)4-3-12-2-1-5-18-12/h6-8,12-13,17H,1-5,16H2. The van der Waals surface area contributed by atoms with E-state index < -0.39 is 0 Å². The van der Waals surface area contributed by atoms with Gasteiger partial charge in [0.25, 0.3) is 0 Å². The number of rotatable bonds is 5. The third kappa shape index (κ3) is 3.75. The van der Waals surface area contributed by atoms with Crippen molar-refractivity contribution in [2.75, 3.05) is 6.61 Å². The normalized spacial score (nSPS) is 21.2. The fourth-order valence-electron chi connectivity index (χ4n) is 2.35. The van der Waals surface area contributed by atoms with Gasteiger partial charge < -0.3 is 4.74 Å². The number of hydrogen-bond donors (Lipinski definition) is 2. The van der Waals surface area contributed by atoms with E-state index in [1.54, 1.807) is 0 Å². The highest BCUT2D eigenvalue weighted by atomic mass is 79.9. The number of benzene rings is 1. The lowest BCUT2D eigenvalue weighted by Gasteiger charge is -2.18. The van der Waals surface area contributed by atoms with Crippen LogP contribution in [0.15, 0.2) is 22.7 Å². The molecule has 1 aliphatic heterocycles. The molecule has 0 spiro atoms. The highest BCUT2D eigenvalue weighted by molar-refractivity contribution is 9.10. The molecule has 3 nitrogen and oxygen atoms in total. The van der Waals surface area contributed by atoms with E-state index in [4.69, 9.17) is 10.6 Å². The van der Waals surface area contributed by atoms with Crippen LogP contribution in [0.2, 0.25) is 0 Å². The molecule has 0 radical (unpaired) electrons. The van der Waals surface area contributed by atoms with E-state index in [0.717, 1.165) is 42.3 Å². The van der Waals surface area contributed by atoms with Crippen molar-refractivity contribution in [3.05, 3.63) is 34.1 Å². The van der Waals surface area contributed by atoms with Gasteiger partial charge in [0.2, 0.25) is 0 Å². The quantitative estimate of drug-likeness (QED) is 0.648. The summed E-state index contributed by atoms with van der Waals surface area (Å²) >= 11 is 3.29. The third-order valence-electron chi connectivity index (χ3n) is 3.29. The summed E-state index contributed by atoms with van der Waals surface area (Å²) in [7, 11) is 0. The molecule has 1 saturated heterocycles. The van der Waals surface area contributed by atoms with Crippen LogP contribution in [0.25, 0.3) is 0 Å². The summed E-state index contributed by atoms with van der Waals surface area (Å²) in [6.07, 6.45) is 4.37. The van der Waals surface area contributed by atoms with E-state index in [9.17, 15) is 4.39 Å². The van der Waals surface area contributed by atoms with E-state index in [1.165, 1.54) is 12.1 Å². The lowest BCUT2D eigenvalue weighted by molar-refractivity contribution is 0.0996. The van der Waals surface area contributed by atoms with Gasteiger partial charge in [0, 0.05) is 17.1 Å². The van der Waals surface area contributed by atoms with Gasteiger partial charge >= 0.3 is 0 Å². The maximum absolute atomic E-state index is 13.3. The van der Waals surface area contributed by atoms with Crippen LogP contribution in [0, 0.1) is 5.82 Å². The largest absolute Gasteiger partial charge is 0.378 e. The second-order valence-electron chi connectivity index (χ2n) is 4.63. The van der Waals surface area contributed by atoms with Crippen LogP contribution in [-0.2, 0) is 4.74 Å². The van der Waals surface area contributed by atoms with Crippen molar-refractivity contribution in [3.8, 4) is 0 Å². The Morgan fingerprint density at radius 3 is 2.94 bits per heavy atom.